The van der Waals surface area contributed by atoms with Gasteiger partial charge in [-0.25, -0.2) is 0 Å². The van der Waals surface area contributed by atoms with Gasteiger partial charge in [-0.2, -0.15) is 0 Å². The van der Waals surface area contributed by atoms with Gasteiger partial charge in [-0.3, -0.25) is 14.4 Å². The van der Waals surface area contributed by atoms with Gasteiger partial charge in [-0.1, -0.05) is 6.07 Å². The molecule has 1 atom stereocenters. The minimum Gasteiger partial charge on any atom is -0.484 e. The lowest BCUT2D eigenvalue weighted by atomic mass is 9.92. The van der Waals surface area contributed by atoms with Gasteiger partial charge in [-0.15, -0.1) is 0 Å². The minimum atomic E-state index is -1.11. The van der Waals surface area contributed by atoms with E-state index in [1.807, 2.05) is 12.1 Å². The van der Waals surface area contributed by atoms with Crippen LogP contribution >= 0.6 is 0 Å². The van der Waals surface area contributed by atoms with Gasteiger partial charge in [0.1, 0.15) is 11.8 Å². The number of carboxylic acid groups (broad SMARTS) is 1. The highest BCUT2D eigenvalue weighted by Crippen LogP contribution is 2.25. The summed E-state index contributed by atoms with van der Waals surface area (Å²) in [4.78, 5) is 34.9. The normalized spacial score (nSPS) is 13.7. The molecule has 0 heterocycles. The van der Waals surface area contributed by atoms with E-state index in [0.29, 0.717) is 17.0 Å². The Bertz CT molecular complexity index is 908. The van der Waals surface area contributed by atoms with Crippen molar-refractivity contribution in [2.75, 3.05) is 11.9 Å². The molecular formula is C22H24N2O5. The number of amides is 2. The third kappa shape index (κ3) is 5.57. The molecular weight excluding hydrogens is 372 g/mol. The van der Waals surface area contributed by atoms with Crippen LogP contribution in [0.25, 0.3) is 0 Å². The molecule has 0 aliphatic heterocycles. The Kier molecular flexibility index (Phi) is 6.49. The third-order valence-corrected chi connectivity index (χ3v) is 4.84. The fourth-order valence-corrected chi connectivity index (χ4v) is 3.19. The van der Waals surface area contributed by atoms with Crippen molar-refractivity contribution in [3.05, 3.63) is 59.2 Å². The van der Waals surface area contributed by atoms with Gasteiger partial charge in [0.2, 0.25) is 0 Å². The molecule has 29 heavy (non-hydrogen) atoms. The first-order valence-corrected chi connectivity index (χ1v) is 9.60. The maximum absolute atomic E-state index is 12.1. The van der Waals surface area contributed by atoms with E-state index in [1.54, 1.807) is 12.1 Å². The lowest BCUT2D eigenvalue weighted by molar-refractivity contribution is -0.138. The van der Waals surface area contributed by atoms with Crippen LogP contribution in [-0.4, -0.2) is 35.5 Å². The molecule has 2 aromatic carbocycles. The zero-order valence-electron chi connectivity index (χ0n) is 16.2. The summed E-state index contributed by atoms with van der Waals surface area (Å²) in [6, 6.07) is 11.2. The number of rotatable bonds is 7. The van der Waals surface area contributed by atoms with E-state index in [2.05, 4.69) is 16.7 Å². The van der Waals surface area contributed by atoms with Gasteiger partial charge >= 0.3 is 5.97 Å². The van der Waals surface area contributed by atoms with Crippen molar-refractivity contribution in [3.63, 3.8) is 0 Å². The van der Waals surface area contributed by atoms with Crippen LogP contribution in [0.4, 0.5) is 5.69 Å². The van der Waals surface area contributed by atoms with Crippen molar-refractivity contribution in [2.24, 2.45) is 0 Å². The van der Waals surface area contributed by atoms with Gasteiger partial charge in [0, 0.05) is 11.3 Å². The number of carbonyl (C=O) groups is 3. The lowest BCUT2D eigenvalue weighted by Crippen LogP contribution is -2.38. The predicted octanol–water partition coefficient (Wildman–Crippen LogP) is 2.79. The fourth-order valence-electron chi connectivity index (χ4n) is 3.19. The number of hydrogen-bond donors (Lipinski definition) is 3. The molecule has 3 N–H and O–H groups in total. The van der Waals surface area contributed by atoms with E-state index in [1.165, 1.54) is 43.0 Å². The van der Waals surface area contributed by atoms with Crippen molar-refractivity contribution >= 4 is 23.5 Å². The average molecular weight is 396 g/mol. The molecule has 2 aromatic rings. The Balaban J connectivity index is 1.50. The largest absolute Gasteiger partial charge is 0.484 e. The number of aryl methyl sites for hydroxylation is 2. The average Bonchev–Trinajstić information content (AvgIpc) is 2.72. The molecule has 152 valence electrons. The first-order valence-electron chi connectivity index (χ1n) is 9.60. The number of ether oxygens (including phenoxy) is 1. The zero-order valence-corrected chi connectivity index (χ0v) is 16.2. The minimum absolute atomic E-state index is 0.114. The monoisotopic (exact) mass is 396 g/mol. The second-order valence-corrected chi connectivity index (χ2v) is 7.09. The summed E-state index contributed by atoms with van der Waals surface area (Å²) >= 11 is 0. The number of fused-ring (bicyclic) bond motifs is 1. The van der Waals surface area contributed by atoms with Crippen molar-refractivity contribution in [3.8, 4) is 5.75 Å². The maximum Gasteiger partial charge on any atom is 0.325 e. The lowest BCUT2D eigenvalue weighted by Gasteiger charge is -2.16. The molecule has 1 aliphatic rings. The molecule has 0 bridgehead atoms. The number of carbonyl (C=O) groups excluding carboxylic acids is 2. The Labute approximate surface area is 169 Å². The highest BCUT2D eigenvalue weighted by atomic mass is 16.5. The summed E-state index contributed by atoms with van der Waals surface area (Å²) < 4.78 is 5.60. The Morgan fingerprint density at radius 1 is 1.03 bits per heavy atom. The summed E-state index contributed by atoms with van der Waals surface area (Å²) in [5.41, 5.74) is 3.48. The first kappa shape index (κ1) is 20.4. The fraction of sp³-hybridized carbons (Fsp3) is 0.318. The number of benzene rings is 2. The highest BCUT2D eigenvalue weighted by Gasteiger charge is 2.15. The quantitative estimate of drug-likeness (QED) is 0.668. The number of carboxylic acids is 1. The van der Waals surface area contributed by atoms with Gasteiger partial charge in [0.15, 0.2) is 6.61 Å². The molecule has 0 saturated heterocycles. The topological polar surface area (TPSA) is 105 Å². The van der Waals surface area contributed by atoms with Crippen LogP contribution in [0.5, 0.6) is 5.75 Å². The number of aliphatic carboxylic acids is 1. The van der Waals surface area contributed by atoms with Crippen LogP contribution in [0, 0.1) is 0 Å². The summed E-state index contributed by atoms with van der Waals surface area (Å²) in [6.45, 7) is 1.27. The molecule has 1 aliphatic carbocycles. The van der Waals surface area contributed by atoms with E-state index >= 15 is 0 Å². The molecule has 0 aromatic heterocycles. The van der Waals surface area contributed by atoms with Gasteiger partial charge < -0.3 is 20.5 Å². The van der Waals surface area contributed by atoms with Crippen molar-refractivity contribution in [1.29, 1.82) is 0 Å². The smallest absolute Gasteiger partial charge is 0.325 e. The summed E-state index contributed by atoms with van der Waals surface area (Å²) in [5, 5.41) is 13.9. The summed E-state index contributed by atoms with van der Waals surface area (Å²) in [5.74, 6) is -1.23. The van der Waals surface area contributed by atoms with Crippen LogP contribution in [0.1, 0.15) is 41.3 Å². The van der Waals surface area contributed by atoms with Crippen LogP contribution in [0.2, 0.25) is 0 Å². The SMILES string of the molecule is CC(NC(=O)c1ccc(NC(=O)COc2ccc3c(c2)CCCC3)cc1)C(=O)O. The van der Waals surface area contributed by atoms with Gasteiger partial charge in [0.05, 0.1) is 0 Å². The summed E-state index contributed by atoms with van der Waals surface area (Å²) in [7, 11) is 0. The van der Waals surface area contributed by atoms with Gasteiger partial charge in [-0.05, 0) is 80.1 Å². The molecule has 2 amide bonds. The molecule has 3 rings (SSSR count). The molecule has 7 nitrogen and oxygen atoms in total. The Morgan fingerprint density at radius 3 is 2.41 bits per heavy atom. The Morgan fingerprint density at radius 2 is 1.72 bits per heavy atom. The number of hydrogen-bond acceptors (Lipinski definition) is 4. The molecule has 0 saturated carbocycles. The second kappa shape index (κ2) is 9.23. The van der Waals surface area contributed by atoms with E-state index in [-0.39, 0.29) is 12.5 Å². The Hall–Kier alpha value is -3.35. The first-order chi connectivity index (χ1) is 13.9. The van der Waals surface area contributed by atoms with E-state index in [0.717, 1.165) is 12.8 Å². The number of nitrogens with one attached hydrogen (secondary N) is 2. The molecule has 0 spiro atoms. The molecule has 1 unspecified atom stereocenters. The van der Waals surface area contributed by atoms with Crippen LogP contribution < -0.4 is 15.4 Å². The van der Waals surface area contributed by atoms with Crippen molar-refractivity contribution in [1.82, 2.24) is 5.32 Å². The van der Waals surface area contributed by atoms with Crippen LogP contribution in [-0.2, 0) is 22.4 Å². The maximum atomic E-state index is 12.1. The van der Waals surface area contributed by atoms with E-state index in [9.17, 15) is 14.4 Å². The zero-order chi connectivity index (χ0) is 20.8. The van der Waals surface area contributed by atoms with E-state index < -0.39 is 17.9 Å². The summed E-state index contributed by atoms with van der Waals surface area (Å²) in [6.07, 6.45) is 4.54. The van der Waals surface area contributed by atoms with Crippen LogP contribution in [0.15, 0.2) is 42.5 Å². The molecule has 7 heteroatoms. The standard InChI is InChI=1S/C22H24N2O5/c1-14(22(27)28)23-21(26)16-6-9-18(10-7-16)24-20(25)13-29-19-11-8-15-4-2-3-5-17(15)12-19/h6-12,14H,2-5,13H2,1H3,(H,23,26)(H,24,25)(H,27,28). The number of anilines is 1. The van der Waals surface area contributed by atoms with Crippen molar-refractivity contribution in [2.45, 2.75) is 38.6 Å². The van der Waals surface area contributed by atoms with E-state index in [4.69, 9.17) is 9.84 Å². The van der Waals surface area contributed by atoms with Crippen LogP contribution in [0.3, 0.4) is 0 Å². The molecule has 0 fully saturated rings. The second-order valence-electron chi connectivity index (χ2n) is 7.09. The third-order valence-electron chi connectivity index (χ3n) is 4.84. The predicted molar refractivity (Wildman–Crippen MR) is 108 cm³/mol. The molecule has 0 radical (unpaired) electrons. The van der Waals surface area contributed by atoms with Gasteiger partial charge in [0.25, 0.3) is 11.8 Å². The highest BCUT2D eigenvalue weighted by molar-refractivity contribution is 5.97. The van der Waals surface area contributed by atoms with Crippen molar-refractivity contribution < 1.29 is 24.2 Å².